The van der Waals surface area contributed by atoms with Gasteiger partial charge < -0.3 is 19.1 Å². The van der Waals surface area contributed by atoms with E-state index in [1.165, 1.54) is 32.4 Å². The molecule has 2 fully saturated rings. The van der Waals surface area contributed by atoms with Crippen LogP contribution in [0.25, 0.3) is 0 Å². The summed E-state index contributed by atoms with van der Waals surface area (Å²) in [7, 11) is 5.12. The van der Waals surface area contributed by atoms with Crippen molar-refractivity contribution in [2.45, 2.75) is 25.8 Å². The fourth-order valence-corrected chi connectivity index (χ4v) is 4.81. The second-order valence-corrected chi connectivity index (χ2v) is 8.07. The first-order valence-corrected chi connectivity index (χ1v) is 9.81. The lowest BCUT2D eigenvalue weighted by molar-refractivity contribution is 0.0673. The number of rotatable bonds is 7. The standard InChI is InChI=1S/C20H31ClN2O3/c1-24-10-9-22-7-4-5-20(14-22)6-8-23(15-20)13-16-11-17(21)12-18(25-2)19(16)26-3/h11-12H,4-10,13-15H2,1-3H3. The average molecular weight is 383 g/mol. The number of hydrogen-bond acceptors (Lipinski definition) is 5. The van der Waals surface area contributed by atoms with Gasteiger partial charge in [-0.1, -0.05) is 11.6 Å². The lowest BCUT2D eigenvalue weighted by Crippen LogP contribution is -2.45. The normalized spacial score (nSPS) is 24.3. The summed E-state index contributed by atoms with van der Waals surface area (Å²) in [5.41, 5.74) is 1.52. The Kier molecular flexibility index (Phi) is 6.67. The van der Waals surface area contributed by atoms with E-state index < -0.39 is 0 Å². The van der Waals surface area contributed by atoms with Crippen molar-refractivity contribution in [2.24, 2.45) is 5.41 Å². The Morgan fingerprint density at radius 1 is 1.04 bits per heavy atom. The molecule has 0 amide bonds. The van der Waals surface area contributed by atoms with E-state index in [4.69, 9.17) is 25.8 Å². The molecular formula is C20H31ClN2O3. The number of halogens is 1. The van der Waals surface area contributed by atoms with Crippen molar-refractivity contribution in [1.82, 2.24) is 9.80 Å². The maximum atomic E-state index is 6.28. The van der Waals surface area contributed by atoms with Crippen LogP contribution < -0.4 is 9.47 Å². The number of benzene rings is 1. The van der Waals surface area contributed by atoms with E-state index in [0.717, 1.165) is 44.1 Å². The summed E-state index contributed by atoms with van der Waals surface area (Å²) in [6.07, 6.45) is 3.87. The summed E-state index contributed by atoms with van der Waals surface area (Å²) in [5.74, 6) is 1.50. The molecule has 5 nitrogen and oxygen atoms in total. The second kappa shape index (κ2) is 8.79. The molecule has 1 aromatic rings. The van der Waals surface area contributed by atoms with Crippen LogP contribution in [0.3, 0.4) is 0 Å². The van der Waals surface area contributed by atoms with Gasteiger partial charge >= 0.3 is 0 Å². The predicted molar refractivity (Wildman–Crippen MR) is 104 cm³/mol. The molecule has 2 aliphatic rings. The average Bonchev–Trinajstić information content (AvgIpc) is 3.01. The van der Waals surface area contributed by atoms with Gasteiger partial charge in [0.1, 0.15) is 0 Å². The van der Waals surface area contributed by atoms with E-state index in [1.54, 1.807) is 21.3 Å². The maximum absolute atomic E-state index is 6.28. The van der Waals surface area contributed by atoms with Crippen molar-refractivity contribution < 1.29 is 14.2 Å². The largest absolute Gasteiger partial charge is 0.493 e. The minimum atomic E-state index is 0.419. The molecule has 0 aliphatic carbocycles. The van der Waals surface area contributed by atoms with Crippen molar-refractivity contribution >= 4 is 11.6 Å². The van der Waals surface area contributed by atoms with Gasteiger partial charge in [-0.3, -0.25) is 4.90 Å². The Morgan fingerprint density at radius 3 is 2.58 bits per heavy atom. The van der Waals surface area contributed by atoms with Crippen molar-refractivity contribution in [3.05, 3.63) is 22.7 Å². The monoisotopic (exact) mass is 382 g/mol. The lowest BCUT2D eigenvalue weighted by Gasteiger charge is -2.40. The van der Waals surface area contributed by atoms with Crippen LogP contribution in [-0.2, 0) is 11.3 Å². The summed E-state index contributed by atoms with van der Waals surface area (Å²) in [6, 6.07) is 3.81. The highest BCUT2D eigenvalue weighted by Crippen LogP contribution is 2.41. The van der Waals surface area contributed by atoms with Crippen LogP contribution >= 0.6 is 11.6 Å². The van der Waals surface area contributed by atoms with Gasteiger partial charge in [-0.25, -0.2) is 0 Å². The van der Waals surface area contributed by atoms with Gasteiger partial charge in [0.05, 0.1) is 20.8 Å². The highest BCUT2D eigenvalue weighted by atomic mass is 35.5. The lowest BCUT2D eigenvalue weighted by atomic mass is 9.79. The van der Waals surface area contributed by atoms with Gasteiger partial charge in [0.25, 0.3) is 0 Å². The molecule has 1 unspecified atom stereocenters. The number of methoxy groups -OCH3 is 3. The van der Waals surface area contributed by atoms with E-state index in [0.29, 0.717) is 16.2 Å². The van der Waals surface area contributed by atoms with E-state index in [1.807, 2.05) is 12.1 Å². The number of ether oxygens (including phenoxy) is 3. The summed E-state index contributed by atoms with van der Waals surface area (Å²) in [6.45, 7) is 7.34. The van der Waals surface area contributed by atoms with Crippen LogP contribution in [0.4, 0.5) is 0 Å². The topological polar surface area (TPSA) is 34.2 Å². The summed E-state index contributed by atoms with van der Waals surface area (Å²) in [5, 5.41) is 0.690. The van der Waals surface area contributed by atoms with E-state index in [9.17, 15) is 0 Å². The van der Waals surface area contributed by atoms with Gasteiger partial charge in [-0.05, 0) is 43.8 Å². The van der Waals surface area contributed by atoms with Crippen LogP contribution in [-0.4, -0.2) is 70.5 Å². The third-order valence-corrected chi connectivity index (χ3v) is 6.00. The molecule has 0 saturated carbocycles. The number of hydrogen-bond donors (Lipinski definition) is 0. The zero-order valence-electron chi connectivity index (χ0n) is 16.2. The Morgan fingerprint density at radius 2 is 1.85 bits per heavy atom. The molecule has 0 N–H and O–H groups in total. The van der Waals surface area contributed by atoms with Gasteiger partial charge in [0, 0.05) is 49.9 Å². The molecule has 2 aliphatic heterocycles. The molecule has 0 bridgehead atoms. The highest BCUT2D eigenvalue weighted by molar-refractivity contribution is 6.30. The van der Waals surface area contributed by atoms with Crippen LogP contribution in [0.5, 0.6) is 11.5 Å². The minimum absolute atomic E-state index is 0.419. The fourth-order valence-electron chi connectivity index (χ4n) is 4.58. The molecule has 146 valence electrons. The molecule has 0 radical (unpaired) electrons. The molecule has 1 aromatic carbocycles. The van der Waals surface area contributed by atoms with E-state index in [-0.39, 0.29) is 0 Å². The first kappa shape index (κ1) is 19.7. The molecule has 1 atom stereocenters. The van der Waals surface area contributed by atoms with Gasteiger partial charge in [0.2, 0.25) is 0 Å². The highest BCUT2D eigenvalue weighted by Gasteiger charge is 2.41. The number of piperidine rings is 1. The van der Waals surface area contributed by atoms with E-state index in [2.05, 4.69) is 9.80 Å². The number of nitrogens with zero attached hydrogens (tertiary/aromatic N) is 2. The summed E-state index contributed by atoms with van der Waals surface area (Å²) >= 11 is 6.28. The van der Waals surface area contributed by atoms with Gasteiger partial charge in [-0.15, -0.1) is 0 Å². The van der Waals surface area contributed by atoms with Crippen LogP contribution in [0, 0.1) is 5.41 Å². The number of likely N-dealkylation sites (tertiary alicyclic amines) is 2. The van der Waals surface area contributed by atoms with Crippen molar-refractivity contribution in [2.75, 3.05) is 60.7 Å². The summed E-state index contributed by atoms with van der Waals surface area (Å²) in [4.78, 5) is 5.10. The van der Waals surface area contributed by atoms with Crippen molar-refractivity contribution in [3.63, 3.8) is 0 Å². The molecule has 2 saturated heterocycles. The molecule has 0 aromatic heterocycles. The molecule has 3 rings (SSSR count). The quantitative estimate of drug-likeness (QED) is 0.722. The Hall–Kier alpha value is -1.01. The third-order valence-electron chi connectivity index (χ3n) is 5.78. The Labute approximate surface area is 162 Å². The Balaban J connectivity index is 1.67. The second-order valence-electron chi connectivity index (χ2n) is 7.63. The smallest absolute Gasteiger partial charge is 0.165 e. The van der Waals surface area contributed by atoms with E-state index >= 15 is 0 Å². The van der Waals surface area contributed by atoms with Crippen LogP contribution in [0.2, 0.25) is 5.02 Å². The fraction of sp³-hybridized carbons (Fsp3) is 0.700. The molecular weight excluding hydrogens is 352 g/mol. The molecule has 26 heavy (non-hydrogen) atoms. The minimum Gasteiger partial charge on any atom is -0.493 e. The first-order chi connectivity index (χ1) is 12.6. The predicted octanol–water partition coefficient (Wildman–Crippen LogP) is 3.29. The van der Waals surface area contributed by atoms with Crippen molar-refractivity contribution in [3.8, 4) is 11.5 Å². The van der Waals surface area contributed by atoms with Crippen LogP contribution in [0.15, 0.2) is 12.1 Å². The van der Waals surface area contributed by atoms with Crippen molar-refractivity contribution in [1.29, 1.82) is 0 Å². The van der Waals surface area contributed by atoms with Crippen LogP contribution in [0.1, 0.15) is 24.8 Å². The maximum Gasteiger partial charge on any atom is 0.165 e. The van der Waals surface area contributed by atoms with Gasteiger partial charge in [0.15, 0.2) is 11.5 Å². The SMILES string of the molecule is COCCN1CCCC2(CCN(Cc3cc(Cl)cc(OC)c3OC)C2)C1. The zero-order chi connectivity index (χ0) is 18.6. The molecule has 1 spiro atoms. The first-order valence-electron chi connectivity index (χ1n) is 9.43. The molecule has 6 heteroatoms. The zero-order valence-corrected chi connectivity index (χ0v) is 17.0. The summed E-state index contributed by atoms with van der Waals surface area (Å²) < 4.78 is 16.3. The molecule has 2 heterocycles. The third kappa shape index (κ3) is 4.45. The Bertz CT molecular complexity index is 613. The van der Waals surface area contributed by atoms with Gasteiger partial charge in [-0.2, -0.15) is 0 Å².